The summed E-state index contributed by atoms with van der Waals surface area (Å²) < 4.78 is 32.5. The van der Waals surface area contributed by atoms with E-state index in [9.17, 15) is 9.18 Å². The first-order valence-electron chi connectivity index (χ1n) is 11.4. The summed E-state index contributed by atoms with van der Waals surface area (Å²) in [6.45, 7) is 5.92. The number of halogens is 1. The smallest absolute Gasteiger partial charge is 0.259 e. The van der Waals surface area contributed by atoms with Gasteiger partial charge in [0, 0.05) is 17.8 Å². The molecule has 0 saturated heterocycles. The van der Waals surface area contributed by atoms with Crippen molar-refractivity contribution in [3.8, 4) is 40.0 Å². The Morgan fingerprint density at radius 3 is 2.47 bits per heavy atom. The molecule has 0 amide bonds. The molecule has 0 fully saturated rings. The van der Waals surface area contributed by atoms with Gasteiger partial charge in [-0.25, -0.2) is 9.37 Å². The summed E-state index contributed by atoms with van der Waals surface area (Å²) in [6, 6.07) is 16.6. The van der Waals surface area contributed by atoms with Crippen molar-refractivity contribution in [1.82, 2.24) is 19.7 Å². The van der Waals surface area contributed by atoms with E-state index in [1.165, 1.54) is 16.7 Å². The van der Waals surface area contributed by atoms with Crippen LogP contribution in [0.4, 0.5) is 4.39 Å². The van der Waals surface area contributed by atoms with Crippen molar-refractivity contribution in [3.63, 3.8) is 0 Å². The molecule has 9 heteroatoms. The zero-order valence-electron chi connectivity index (χ0n) is 19.9. The zero-order valence-corrected chi connectivity index (χ0v) is 19.9. The lowest BCUT2D eigenvalue weighted by Gasteiger charge is -2.09. The quantitative estimate of drug-likeness (QED) is 0.300. The molecule has 3 heterocycles. The zero-order chi connectivity index (χ0) is 25.2. The number of benzene rings is 2. The maximum Gasteiger partial charge on any atom is 0.259 e. The third kappa shape index (κ3) is 4.81. The van der Waals surface area contributed by atoms with E-state index in [0.717, 1.165) is 11.3 Å². The summed E-state index contributed by atoms with van der Waals surface area (Å²) >= 11 is 0. The van der Waals surface area contributed by atoms with Crippen molar-refractivity contribution in [2.45, 2.75) is 33.4 Å². The van der Waals surface area contributed by atoms with Crippen molar-refractivity contribution in [3.05, 3.63) is 94.5 Å². The molecule has 0 radical (unpaired) electrons. The SMILES string of the molecule is Cc1oc(-c2ccc(OC(C)C)cc2)nc1Cn1cc(-c2nc(-c3ccccc3F)no2)ccc1=O. The maximum absolute atomic E-state index is 14.1. The molecular formula is C27H23FN4O4. The minimum Gasteiger partial charge on any atom is -0.491 e. The molecule has 5 rings (SSSR count). The second-order valence-electron chi connectivity index (χ2n) is 8.50. The minimum absolute atomic E-state index is 0.0822. The van der Waals surface area contributed by atoms with Gasteiger partial charge < -0.3 is 18.2 Å². The number of aromatic nitrogens is 4. The van der Waals surface area contributed by atoms with Crippen molar-refractivity contribution in [2.75, 3.05) is 0 Å². The molecule has 0 N–H and O–H groups in total. The Labute approximate surface area is 206 Å². The molecular weight excluding hydrogens is 463 g/mol. The van der Waals surface area contributed by atoms with Crippen molar-refractivity contribution < 1.29 is 18.1 Å². The van der Waals surface area contributed by atoms with E-state index >= 15 is 0 Å². The first-order chi connectivity index (χ1) is 17.4. The Morgan fingerprint density at radius 1 is 0.972 bits per heavy atom. The van der Waals surface area contributed by atoms with E-state index < -0.39 is 5.82 Å². The Kier molecular flexibility index (Phi) is 6.20. The lowest BCUT2D eigenvalue weighted by molar-refractivity contribution is 0.242. The number of pyridine rings is 1. The normalized spacial score (nSPS) is 11.2. The fraction of sp³-hybridized carbons (Fsp3) is 0.185. The Morgan fingerprint density at radius 2 is 1.72 bits per heavy atom. The predicted molar refractivity (Wildman–Crippen MR) is 131 cm³/mol. The van der Waals surface area contributed by atoms with E-state index in [1.807, 2.05) is 38.1 Å². The third-order valence-electron chi connectivity index (χ3n) is 5.46. The Bertz CT molecular complexity index is 1570. The highest BCUT2D eigenvalue weighted by Crippen LogP contribution is 2.26. The molecule has 0 aliphatic rings. The topological polar surface area (TPSA) is 96.2 Å². The lowest BCUT2D eigenvalue weighted by Crippen LogP contribution is -2.19. The second-order valence-corrected chi connectivity index (χ2v) is 8.50. The van der Waals surface area contributed by atoms with Gasteiger partial charge >= 0.3 is 0 Å². The molecule has 0 aliphatic heterocycles. The van der Waals surface area contributed by atoms with E-state index in [4.69, 9.17) is 13.7 Å². The van der Waals surface area contributed by atoms with Gasteiger partial charge in [-0.2, -0.15) is 4.98 Å². The molecule has 0 atom stereocenters. The van der Waals surface area contributed by atoms with Crippen LogP contribution < -0.4 is 10.3 Å². The van der Waals surface area contributed by atoms with Crippen molar-refractivity contribution in [2.24, 2.45) is 0 Å². The van der Waals surface area contributed by atoms with E-state index in [2.05, 4.69) is 15.1 Å². The monoisotopic (exact) mass is 486 g/mol. The van der Waals surface area contributed by atoms with Crippen molar-refractivity contribution >= 4 is 0 Å². The highest BCUT2D eigenvalue weighted by molar-refractivity contribution is 5.59. The number of aryl methyl sites for hydroxylation is 1. The highest BCUT2D eigenvalue weighted by atomic mass is 19.1. The number of ether oxygens (including phenoxy) is 1. The van der Waals surface area contributed by atoms with Gasteiger partial charge in [-0.1, -0.05) is 17.3 Å². The van der Waals surface area contributed by atoms with Crippen LogP contribution in [0.1, 0.15) is 25.3 Å². The molecule has 2 aromatic carbocycles. The fourth-order valence-electron chi connectivity index (χ4n) is 3.68. The van der Waals surface area contributed by atoms with Gasteiger partial charge in [0.15, 0.2) is 0 Å². The molecule has 0 bridgehead atoms. The number of hydrogen-bond acceptors (Lipinski definition) is 7. The van der Waals surface area contributed by atoms with Crippen LogP contribution in [-0.4, -0.2) is 25.8 Å². The second kappa shape index (κ2) is 9.61. The van der Waals surface area contributed by atoms with E-state index in [1.54, 1.807) is 37.4 Å². The summed E-state index contributed by atoms with van der Waals surface area (Å²) in [6.07, 6.45) is 1.69. The molecule has 0 saturated carbocycles. The number of rotatable bonds is 7. The standard InChI is InChI=1S/C27H23FN4O4/c1-16(2)34-20-11-8-18(9-12-20)26-29-23(17(3)35-26)15-32-14-19(10-13-24(32)33)27-30-25(31-36-27)21-6-4-5-7-22(21)28/h4-14,16H,15H2,1-3H3. The van der Waals surface area contributed by atoms with Gasteiger partial charge in [-0.3, -0.25) is 4.79 Å². The highest BCUT2D eigenvalue weighted by Gasteiger charge is 2.16. The summed E-state index contributed by atoms with van der Waals surface area (Å²) in [5.74, 6) is 1.67. The average molecular weight is 487 g/mol. The van der Waals surface area contributed by atoms with Gasteiger partial charge in [-0.15, -0.1) is 0 Å². The number of nitrogens with zero attached hydrogens (tertiary/aromatic N) is 4. The van der Waals surface area contributed by atoms with Gasteiger partial charge in [0.1, 0.15) is 23.0 Å². The van der Waals surface area contributed by atoms with Gasteiger partial charge in [0.05, 0.1) is 23.8 Å². The van der Waals surface area contributed by atoms with Gasteiger partial charge in [-0.05, 0) is 63.2 Å². The van der Waals surface area contributed by atoms with Crippen LogP contribution in [0.25, 0.3) is 34.3 Å². The molecule has 5 aromatic rings. The van der Waals surface area contributed by atoms with Crippen LogP contribution in [0.5, 0.6) is 5.75 Å². The molecule has 0 aliphatic carbocycles. The number of hydrogen-bond donors (Lipinski definition) is 0. The summed E-state index contributed by atoms with van der Waals surface area (Å²) in [5.41, 5.74) is 1.94. The largest absolute Gasteiger partial charge is 0.491 e. The molecule has 36 heavy (non-hydrogen) atoms. The van der Waals surface area contributed by atoms with E-state index in [-0.39, 0.29) is 35.5 Å². The van der Waals surface area contributed by atoms with Crippen LogP contribution in [0, 0.1) is 12.7 Å². The van der Waals surface area contributed by atoms with Crippen LogP contribution >= 0.6 is 0 Å². The summed E-state index contributed by atoms with van der Waals surface area (Å²) in [5, 5.41) is 3.88. The third-order valence-corrected chi connectivity index (χ3v) is 5.46. The number of oxazole rings is 1. The lowest BCUT2D eigenvalue weighted by atomic mass is 10.2. The van der Waals surface area contributed by atoms with Crippen LogP contribution in [0.15, 0.2) is 80.6 Å². The molecule has 0 unspecified atom stereocenters. The summed E-state index contributed by atoms with van der Waals surface area (Å²) in [4.78, 5) is 21.5. The molecule has 8 nitrogen and oxygen atoms in total. The molecule has 3 aromatic heterocycles. The first kappa shape index (κ1) is 23.2. The summed E-state index contributed by atoms with van der Waals surface area (Å²) in [7, 11) is 0. The predicted octanol–water partition coefficient (Wildman–Crippen LogP) is 5.50. The maximum atomic E-state index is 14.1. The van der Waals surface area contributed by atoms with Gasteiger partial charge in [0.25, 0.3) is 11.4 Å². The molecule has 182 valence electrons. The van der Waals surface area contributed by atoms with Crippen molar-refractivity contribution in [1.29, 1.82) is 0 Å². The Hall–Kier alpha value is -4.53. The molecule has 0 spiro atoms. The van der Waals surface area contributed by atoms with Crippen LogP contribution in [-0.2, 0) is 6.54 Å². The minimum atomic E-state index is -0.450. The van der Waals surface area contributed by atoms with Gasteiger partial charge in [0.2, 0.25) is 11.7 Å². The van der Waals surface area contributed by atoms with Crippen LogP contribution in [0.2, 0.25) is 0 Å². The van der Waals surface area contributed by atoms with Crippen LogP contribution in [0.3, 0.4) is 0 Å². The first-order valence-corrected chi connectivity index (χ1v) is 11.4. The van der Waals surface area contributed by atoms with E-state index in [0.29, 0.717) is 22.9 Å². The Balaban J connectivity index is 1.39. The fourth-order valence-corrected chi connectivity index (χ4v) is 3.68. The average Bonchev–Trinajstić information content (AvgIpc) is 3.48.